The van der Waals surface area contributed by atoms with Gasteiger partial charge < -0.3 is 5.41 Å². The molecule has 1 aliphatic heterocycles. The van der Waals surface area contributed by atoms with Gasteiger partial charge in [0.25, 0.3) is 5.56 Å². The second-order valence-corrected chi connectivity index (χ2v) is 4.46. The zero-order valence-electron chi connectivity index (χ0n) is 9.29. The first-order chi connectivity index (χ1) is 7.65. The fourth-order valence-electron chi connectivity index (χ4n) is 2.06. The molecule has 0 spiro atoms. The predicted octanol–water partition coefficient (Wildman–Crippen LogP) is 1.19. The summed E-state index contributed by atoms with van der Waals surface area (Å²) in [4.78, 5) is 16.5. The zero-order valence-corrected chi connectivity index (χ0v) is 10.2. The highest BCUT2D eigenvalue weighted by atomic mass is 32.1. The lowest BCUT2D eigenvalue weighted by molar-refractivity contribution is 0.581. The van der Waals surface area contributed by atoms with E-state index >= 15 is 0 Å². The van der Waals surface area contributed by atoms with E-state index in [1.165, 1.54) is 0 Å². The summed E-state index contributed by atoms with van der Waals surface area (Å²) in [5.74, 6) is 1.20. The predicted molar refractivity (Wildman–Crippen MR) is 66.9 cm³/mol. The highest BCUT2D eigenvalue weighted by Crippen LogP contribution is 2.12. The molecule has 5 heteroatoms. The Kier molecular flexibility index (Phi) is 3.14. The first-order valence-corrected chi connectivity index (χ1v) is 6.07. The molecule has 2 rings (SSSR count). The molecule has 0 amide bonds. The minimum absolute atomic E-state index is 0.0148. The molecule has 86 valence electrons. The van der Waals surface area contributed by atoms with Crippen molar-refractivity contribution in [2.75, 3.05) is 5.75 Å². The van der Waals surface area contributed by atoms with E-state index in [-0.39, 0.29) is 5.56 Å². The molecule has 0 saturated heterocycles. The van der Waals surface area contributed by atoms with E-state index in [0.29, 0.717) is 30.3 Å². The van der Waals surface area contributed by atoms with Gasteiger partial charge in [-0.25, -0.2) is 4.98 Å². The van der Waals surface area contributed by atoms with Crippen molar-refractivity contribution in [3.8, 4) is 0 Å². The number of fused-ring (bicyclic) bond motifs is 1. The van der Waals surface area contributed by atoms with Gasteiger partial charge in [-0.15, -0.1) is 0 Å². The van der Waals surface area contributed by atoms with E-state index < -0.39 is 0 Å². The number of nitrogens with zero attached hydrogens (tertiary/aromatic N) is 2. The fourth-order valence-corrected chi connectivity index (χ4v) is 2.29. The monoisotopic (exact) mass is 237 g/mol. The molecular formula is C11H15N3OS. The molecule has 0 fully saturated rings. The second-order valence-electron chi connectivity index (χ2n) is 4.01. The molecule has 0 aliphatic carbocycles. The van der Waals surface area contributed by atoms with Gasteiger partial charge in [-0.2, -0.15) is 12.6 Å². The molecule has 1 aromatic heterocycles. The van der Waals surface area contributed by atoms with E-state index in [2.05, 4.69) is 17.6 Å². The fraction of sp³-hybridized carbons (Fsp3) is 0.545. The van der Waals surface area contributed by atoms with Crippen LogP contribution in [-0.4, -0.2) is 21.0 Å². The Bertz CT molecular complexity index is 493. The van der Waals surface area contributed by atoms with Crippen LogP contribution < -0.4 is 5.56 Å². The van der Waals surface area contributed by atoms with Gasteiger partial charge in [0.05, 0.1) is 5.71 Å². The van der Waals surface area contributed by atoms with Crippen LogP contribution in [0.15, 0.2) is 4.79 Å². The minimum Gasteiger partial charge on any atom is -0.301 e. The summed E-state index contributed by atoms with van der Waals surface area (Å²) >= 11 is 4.15. The van der Waals surface area contributed by atoms with Gasteiger partial charge >= 0.3 is 0 Å². The topological polar surface area (TPSA) is 58.7 Å². The Morgan fingerprint density at radius 3 is 3.00 bits per heavy atom. The van der Waals surface area contributed by atoms with Crippen LogP contribution in [0.25, 0.3) is 0 Å². The molecule has 1 aliphatic rings. The van der Waals surface area contributed by atoms with Crippen molar-refractivity contribution in [1.82, 2.24) is 9.55 Å². The van der Waals surface area contributed by atoms with Gasteiger partial charge in [-0.1, -0.05) is 0 Å². The lowest BCUT2D eigenvalue weighted by Crippen LogP contribution is -2.34. The average molecular weight is 237 g/mol. The van der Waals surface area contributed by atoms with E-state index in [4.69, 9.17) is 5.41 Å². The second kappa shape index (κ2) is 4.41. The molecule has 0 unspecified atom stereocenters. The normalized spacial score (nSPS) is 15.0. The van der Waals surface area contributed by atoms with Crippen molar-refractivity contribution in [3.63, 3.8) is 0 Å². The van der Waals surface area contributed by atoms with Crippen LogP contribution in [0.3, 0.4) is 0 Å². The largest absolute Gasteiger partial charge is 0.301 e. The highest BCUT2D eigenvalue weighted by Gasteiger charge is 2.19. The number of hydrogen-bond donors (Lipinski definition) is 2. The molecule has 16 heavy (non-hydrogen) atoms. The summed E-state index contributed by atoms with van der Waals surface area (Å²) in [7, 11) is 0. The summed E-state index contributed by atoms with van der Waals surface area (Å²) in [5, 5.41) is 7.80. The Hall–Kier alpha value is -1.10. The summed E-state index contributed by atoms with van der Waals surface area (Å²) in [5.41, 5.74) is 1.98. The molecule has 0 saturated carbocycles. The van der Waals surface area contributed by atoms with Crippen molar-refractivity contribution in [3.05, 3.63) is 27.4 Å². The number of hydrogen-bond acceptors (Lipinski definition) is 4. The van der Waals surface area contributed by atoms with Crippen molar-refractivity contribution in [1.29, 1.82) is 5.41 Å². The zero-order chi connectivity index (χ0) is 11.7. The van der Waals surface area contributed by atoms with Crippen molar-refractivity contribution >= 4 is 18.3 Å². The third-order valence-corrected chi connectivity index (χ3v) is 3.13. The summed E-state index contributed by atoms with van der Waals surface area (Å²) < 4.78 is 1.64. The van der Waals surface area contributed by atoms with Gasteiger partial charge in [-0.3, -0.25) is 9.36 Å². The summed E-state index contributed by atoms with van der Waals surface area (Å²) in [6.07, 6.45) is 2.23. The van der Waals surface area contributed by atoms with Gasteiger partial charge in [0.1, 0.15) is 0 Å². The van der Waals surface area contributed by atoms with Gasteiger partial charge in [0, 0.05) is 17.8 Å². The van der Waals surface area contributed by atoms with E-state index in [0.717, 1.165) is 24.1 Å². The minimum atomic E-state index is 0.0148. The third kappa shape index (κ3) is 1.80. The number of aryl methyl sites for hydroxylation is 1. The van der Waals surface area contributed by atoms with Crippen molar-refractivity contribution in [2.24, 2.45) is 0 Å². The van der Waals surface area contributed by atoms with Crippen LogP contribution >= 0.6 is 12.6 Å². The Balaban J connectivity index is 2.62. The van der Waals surface area contributed by atoms with E-state index in [1.54, 1.807) is 4.57 Å². The summed E-state index contributed by atoms with van der Waals surface area (Å²) in [6, 6.07) is 0. The Labute approximate surface area is 99.6 Å². The maximum absolute atomic E-state index is 12.2. The number of aromatic nitrogens is 2. The van der Waals surface area contributed by atoms with Crippen LogP contribution in [0.1, 0.15) is 29.9 Å². The quantitative estimate of drug-likeness (QED) is 0.759. The molecule has 0 bridgehead atoms. The van der Waals surface area contributed by atoms with Crippen LogP contribution in [0, 0.1) is 12.3 Å². The van der Waals surface area contributed by atoms with Crippen molar-refractivity contribution < 1.29 is 0 Å². The summed E-state index contributed by atoms with van der Waals surface area (Å²) in [6.45, 7) is 2.52. The molecule has 1 N–H and O–H groups in total. The average Bonchev–Trinajstić information content (AvgIpc) is 2.26. The first-order valence-electron chi connectivity index (χ1n) is 5.44. The molecule has 2 heterocycles. The standard InChI is InChI=1S/C11H15N3OS/c1-7-8(4-6-16)11(15)14-5-2-3-9(12)10(14)13-7/h12,16H,2-6H2,1H3. The SMILES string of the molecule is Cc1nc2n(c(=O)c1CCS)CCCC2=N. The van der Waals surface area contributed by atoms with Crippen LogP contribution in [0.2, 0.25) is 0 Å². The molecule has 1 aromatic rings. The van der Waals surface area contributed by atoms with Crippen LogP contribution in [0.5, 0.6) is 0 Å². The highest BCUT2D eigenvalue weighted by molar-refractivity contribution is 7.80. The molecule has 4 nitrogen and oxygen atoms in total. The van der Waals surface area contributed by atoms with E-state index in [9.17, 15) is 4.79 Å². The molecule has 0 aromatic carbocycles. The van der Waals surface area contributed by atoms with E-state index in [1.807, 2.05) is 6.92 Å². The molecule has 0 radical (unpaired) electrons. The Morgan fingerprint density at radius 2 is 2.31 bits per heavy atom. The molecule has 0 atom stereocenters. The number of thiol groups is 1. The smallest absolute Gasteiger partial charge is 0.257 e. The first kappa shape index (κ1) is 11.4. The maximum Gasteiger partial charge on any atom is 0.257 e. The van der Waals surface area contributed by atoms with Gasteiger partial charge in [0.15, 0.2) is 5.82 Å². The Morgan fingerprint density at radius 1 is 1.56 bits per heavy atom. The maximum atomic E-state index is 12.2. The van der Waals surface area contributed by atoms with Crippen LogP contribution in [-0.2, 0) is 13.0 Å². The lowest BCUT2D eigenvalue weighted by atomic mass is 10.1. The lowest BCUT2D eigenvalue weighted by Gasteiger charge is -2.19. The third-order valence-electron chi connectivity index (χ3n) is 2.91. The van der Waals surface area contributed by atoms with Gasteiger partial charge in [-0.05, 0) is 31.9 Å². The van der Waals surface area contributed by atoms with Crippen LogP contribution in [0.4, 0.5) is 0 Å². The molecular weight excluding hydrogens is 222 g/mol. The number of nitrogens with one attached hydrogen (secondary N) is 1. The number of rotatable bonds is 2. The van der Waals surface area contributed by atoms with Gasteiger partial charge in [0.2, 0.25) is 0 Å². The van der Waals surface area contributed by atoms with Crippen molar-refractivity contribution in [2.45, 2.75) is 32.7 Å².